The molecule has 0 spiro atoms. The van der Waals surface area contributed by atoms with Crippen LogP contribution in [-0.2, 0) is 0 Å². The average Bonchev–Trinajstić information content (AvgIpc) is 1.90. The second kappa shape index (κ2) is 2.73. The van der Waals surface area contributed by atoms with E-state index in [0.717, 1.165) is 0 Å². The molecule has 1 aliphatic heterocycles. The monoisotopic (exact) mass is 185 g/mol. The molecule has 0 bridgehead atoms. The van der Waals surface area contributed by atoms with Gasteiger partial charge in [0.15, 0.2) is 0 Å². The molecule has 0 aromatic carbocycles. The van der Waals surface area contributed by atoms with Crippen LogP contribution >= 0.6 is 0 Å². The first-order valence-corrected chi connectivity index (χ1v) is 5.86. The summed E-state index contributed by atoms with van der Waals surface area (Å²) in [5, 5.41) is 10.1. The summed E-state index contributed by atoms with van der Waals surface area (Å²) in [6.45, 7) is 0. The zero-order valence-corrected chi connectivity index (χ0v) is 6.75. The molecule has 1 rings (SSSR count). The molecule has 3 nitrogen and oxygen atoms in total. The van der Waals surface area contributed by atoms with Gasteiger partial charge in [-0.1, -0.05) is 0 Å². The summed E-state index contributed by atoms with van der Waals surface area (Å²) in [4.78, 5) is 13.5. The third-order valence-corrected chi connectivity index (χ3v) is 4.09. The van der Waals surface area contributed by atoms with E-state index in [4.69, 9.17) is 0 Å². The fourth-order valence-corrected chi connectivity index (χ4v) is 2.59. The topological polar surface area (TPSA) is 43.1 Å². The Bertz CT molecular complexity index is 217. The van der Waals surface area contributed by atoms with Gasteiger partial charge >= 0.3 is 56.1 Å². The van der Waals surface area contributed by atoms with E-state index in [1.54, 1.807) is 28.0 Å². The van der Waals surface area contributed by atoms with E-state index >= 15 is 0 Å². The van der Waals surface area contributed by atoms with Crippen LogP contribution in [0.1, 0.15) is 0 Å². The van der Waals surface area contributed by atoms with Crippen molar-refractivity contribution >= 4 is 19.0 Å². The first-order valence-electron chi connectivity index (χ1n) is 2.50. The maximum absolute atomic E-state index is 10.1. The van der Waals surface area contributed by atoms with Crippen molar-refractivity contribution in [1.29, 1.82) is 0 Å². The molecular weight excluding hydrogens is 179 g/mol. The second-order valence-electron chi connectivity index (χ2n) is 1.59. The normalized spacial score (nSPS) is 15.3. The van der Waals surface area contributed by atoms with Gasteiger partial charge in [0.1, 0.15) is 0 Å². The van der Waals surface area contributed by atoms with Crippen LogP contribution < -0.4 is 0 Å². The predicted octanol–water partition coefficient (Wildman–Crippen LogP) is 0.304. The van der Waals surface area contributed by atoms with Gasteiger partial charge in [-0.2, -0.15) is 0 Å². The number of hydrogen-bond acceptors (Lipinski definition) is 2. The number of nitro groups is 1. The zero-order valence-electron chi connectivity index (χ0n) is 4.65. The van der Waals surface area contributed by atoms with Crippen molar-refractivity contribution in [3.05, 3.63) is 33.3 Å². The minimum absolute atomic E-state index is 0.167. The van der Waals surface area contributed by atoms with Gasteiger partial charge in [-0.05, 0) is 0 Å². The van der Waals surface area contributed by atoms with Crippen molar-refractivity contribution in [1.82, 2.24) is 0 Å². The van der Waals surface area contributed by atoms with Crippen LogP contribution in [0.15, 0.2) is 23.1 Å². The van der Waals surface area contributed by atoms with Crippen LogP contribution in [0.4, 0.5) is 0 Å². The van der Waals surface area contributed by atoms with E-state index in [0.29, 0.717) is 0 Å². The van der Waals surface area contributed by atoms with Crippen LogP contribution in [0, 0.1) is 10.1 Å². The molecule has 9 heavy (non-hydrogen) atoms. The Balaban J connectivity index is 2.84. The molecule has 0 atom stereocenters. The average molecular weight is 184 g/mol. The molecule has 4 heteroatoms. The third kappa shape index (κ3) is 1.60. The molecule has 46 valence electrons. The van der Waals surface area contributed by atoms with Crippen molar-refractivity contribution < 1.29 is 3.88 Å². The molecule has 0 unspecified atom stereocenters. The number of rotatable bonds is 1. The van der Waals surface area contributed by atoms with Crippen molar-refractivity contribution in [2.24, 2.45) is 0 Å². The van der Waals surface area contributed by atoms with Crippen LogP contribution in [0.25, 0.3) is 0 Å². The number of nitrogens with zero attached hydrogens (tertiary/aromatic N) is 1. The van der Waals surface area contributed by atoms with Gasteiger partial charge in [0, 0.05) is 0 Å². The van der Waals surface area contributed by atoms with Crippen LogP contribution in [0.3, 0.4) is 0 Å². The molecule has 1 heterocycles. The van der Waals surface area contributed by atoms with E-state index in [1.165, 1.54) is 0 Å². The Morgan fingerprint density at radius 3 is 2.44 bits per heavy atom. The fourth-order valence-electron chi connectivity index (χ4n) is 0.550. The summed E-state index contributed by atoms with van der Waals surface area (Å²) in [5.74, 6) is 0. The molecule has 1 aliphatic rings. The van der Waals surface area contributed by atoms with Crippen molar-refractivity contribution in [2.45, 2.75) is 0 Å². The molecule has 0 aliphatic carbocycles. The van der Waals surface area contributed by atoms with Crippen molar-refractivity contribution in [3.63, 3.8) is 0 Å². The maximum atomic E-state index is 10.1. The Morgan fingerprint density at radius 1 is 1.33 bits per heavy atom. The molecule has 0 saturated carbocycles. The second-order valence-corrected chi connectivity index (χ2v) is 5.54. The van der Waals surface area contributed by atoms with Crippen molar-refractivity contribution in [3.8, 4) is 0 Å². The Morgan fingerprint density at radius 2 is 2.11 bits per heavy atom. The first kappa shape index (κ1) is 6.41. The van der Waals surface area contributed by atoms with Gasteiger partial charge < -0.3 is 0 Å². The summed E-state index contributed by atoms with van der Waals surface area (Å²) < 4.78 is -0.167. The van der Waals surface area contributed by atoms with Gasteiger partial charge in [0.05, 0.1) is 0 Å². The predicted molar refractivity (Wildman–Crippen MR) is 37.1 cm³/mol. The molecule has 0 N–H and O–H groups in total. The Kier molecular flexibility index (Phi) is 1.94. The van der Waals surface area contributed by atoms with E-state index in [2.05, 4.69) is 0 Å². The van der Waals surface area contributed by atoms with Gasteiger partial charge in [-0.25, -0.2) is 0 Å². The standard InChI is InChI=1S/C5H5GeNO2/c8-7(9)6-4-2-1-3-5-6/h1-5H. The molecule has 0 amide bonds. The summed E-state index contributed by atoms with van der Waals surface area (Å²) in [6.07, 6.45) is 5.30. The van der Waals surface area contributed by atoms with Crippen LogP contribution in [0.5, 0.6) is 0 Å². The fraction of sp³-hybridized carbons (Fsp3) is 0. The minimum atomic E-state index is -2.12. The Hall–Kier alpha value is -0.707. The molecule has 0 fully saturated rings. The summed E-state index contributed by atoms with van der Waals surface area (Å²) in [7, 11) is 0. The molecule has 0 radical (unpaired) electrons. The number of hydrogen-bond donors (Lipinski definition) is 0. The third-order valence-electron chi connectivity index (χ3n) is 0.967. The van der Waals surface area contributed by atoms with Gasteiger partial charge in [0.25, 0.3) is 0 Å². The summed E-state index contributed by atoms with van der Waals surface area (Å²) in [5.41, 5.74) is 0. The van der Waals surface area contributed by atoms with Gasteiger partial charge in [-0.3, -0.25) is 0 Å². The molecular formula is C5H5GeNO2. The quantitative estimate of drug-likeness (QED) is 0.334. The van der Waals surface area contributed by atoms with Gasteiger partial charge in [0.2, 0.25) is 0 Å². The van der Waals surface area contributed by atoms with E-state index in [-0.39, 0.29) is 3.88 Å². The zero-order chi connectivity index (χ0) is 6.69. The van der Waals surface area contributed by atoms with Crippen LogP contribution in [-0.4, -0.2) is 22.9 Å². The van der Waals surface area contributed by atoms with Gasteiger partial charge in [-0.15, -0.1) is 0 Å². The SMILES string of the molecule is O=[N+]([O-])[Ge]1=[CH]C=CC=[CH]1. The van der Waals surface area contributed by atoms with E-state index < -0.39 is 14.1 Å². The molecule has 0 aromatic heterocycles. The van der Waals surface area contributed by atoms with Crippen molar-refractivity contribution in [2.75, 3.05) is 0 Å². The van der Waals surface area contributed by atoms with E-state index in [1.807, 2.05) is 0 Å². The Labute approximate surface area is 56.7 Å². The molecule has 0 saturated heterocycles. The number of allylic oxidation sites excluding steroid dienone is 3. The summed E-state index contributed by atoms with van der Waals surface area (Å²) in [6, 6.07) is 0. The van der Waals surface area contributed by atoms with Crippen LogP contribution in [0.2, 0.25) is 0 Å². The molecule has 0 aromatic rings. The first-order chi connectivity index (χ1) is 4.30. The van der Waals surface area contributed by atoms with E-state index in [9.17, 15) is 10.1 Å². The summed E-state index contributed by atoms with van der Waals surface area (Å²) >= 11 is -2.12.